The lowest BCUT2D eigenvalue weighted by Gasteiger charge is -2.21. The van der Waals surface area contributed by atoms with Gasteiger partial charge in [0, 0.05) is 4.47 Å². The molecule has 0 saturated carbocycles. The van der Waals surface area contributed by atoms with Gasteiger partial charge in [-0.05, 0) is 31.0 Å². The van der Waals surface area contributed by atoms with Gasteiger partial charge < -0.3 is 10.3 Å². The van der Waals surface area contributed by atoms with Crippen molar-refractivity contribution in [2.24, 2.45) is 5.73 Å². The van der Waals surface area contributed by atoms with Crippen molar-refractivity contribution in [1.29, 1.82) is 0 Å². The van der Waals surface area contributed by atoms with Crippen molar-refractivity contribution in [3.63, 3.8) is 0 Å². The van der Waals surface area contributed by atoms with Crippen molar-refractivity contribution in [3.8, 4) is 11.5 Å². The van der Waals surface area contributed by atoms with E-state index < -0.39 is 5.54 Å². The van der Waals surface area contributed by atoms with Crippen molar-refractivity contribution < 1.29 is 4.52 Å². The normalized spacial score (nSPS) is 11.8. The Labute approximate surface area is 125 Å². The summed E-state index contributed by atoms with van der Waals surface area (Å²) < 4.78 is 6.18. The first-order chi connectivity index (χ1) is 9.00. The van der Waals surface area contributed by atoms with E-state index in [1.165, 1.54) is 0 Å². The van der Waals surface area contributed by atoms with Crippen LogP contribution in [0.3, 0.4) is 0 Å². The molecular weight excluding hydrogens is 330 g/mol. The van der Waals surface area contributed by atoms with Crippen molar-refractivity contribution >= 4 is 27.5 Å². The highest BCUT2D eigenvalue weighted by molar-refractivity contribution is 9.10. The number of benzene rings is 1. The van der Waals surface area contributed by atoms with E-state index in [0.29, 0.717) is 22.3 Å². The molecule has 19 heavy (non-hydrogen) atoms. The van der Waals surface area contributed by atoms with Crippen LogP contribution in [0.15, 0.2) is 27.2 Å². The summed E-state index contributed by atoms with van der Waals surface area (Å²) in [4.78, 5) is 4.38. The van der Waals surface area contributed by atoms with E-state index in [1.807, 2.05) is 26.0 Å². The van der Waals surface area contributed by atoms with Crippen LogP contribution in [-0.4, -0.2) is 10.1 Å². The Balaban J connectivity index is 2.41. The average molecular weight is 345 g/mol. The molecule has 0 saturated heterocycles. The van der Waals surface area contributed by atoms with E-state index in [2.05, 4.69) is 26.1 Å². The molecule has 0 aliphatic rings. The first-order valence-electron chi connectivity index (χ1n) is 6.08. The molecule has 0 atom stereocenters. The summed E-state index contributed by atoms with van der Waals surface area (Å²) in [5.74, 6) is 0.913. The smallest absolute Gasteiger partial charge is 0.259 e. The molecule has 4 nitrogen and oxygen atoms in total. The molecule has 0 aliphatic carbocycles. The van der Waals surface area contributed by atoms with Gasteiger partial charge in [-0.25, -0.2) is 0 Å². The molecule has 0 unspecified atom stereocenters. The molecule has 1 heterocycles. The quantitative estimate of drug-likeness (QED) is 0.906. The Kier molecular flexibility index (Phi) is 4.28. The molecule has 0 aliphatic heterocycles. The van der Waals surface area contributed by atoms with Gasteiger partial charge in [0.05, 0.1) is 16.1 Å². The SMILES string of the molecule is CCC(N)(CC)c1noc(-c2ccc(Br)cc2Cl)n1. The maximum atomic E-state index is 6.25. The van der Waals surface area contributed by atoms with Crippen molar-refractivity contribution in [1.82, 2.24) is 10.1 Å². The van der Waals surface area contributed by atoms with E-state index in [0.717, 1.165) is 17.3 Å². The van der Waals surface area contributed by atoms with Crippen LogP contribution in [0.4, 0.5) is 0 Å². The maximum absolute atomic E-state index is 6.25. The Morgan fingerprint density at radius 1 is 1.37 bits per heavy atom. The number of halogens is 2. The van der Waals surface area contributed by atoms with Crippen molar-refractivity contribution in [3.05, 3.63) is 33.5 Å². The van der Waals surface area contributed by atoms with E-state index in [-0.39, 0.29) is 0 Å². The average Bonchev–Trinajstić information content (AvgIpc) is 2.88. The summed E-state index contributed by atoms with van der Waals surface area (Å²) in [7, 11) is 0. The molecule has 0 fully saturated rings. The Morgan fingerprint density at radius 3 is 2.63 bits per heavy atom. The molecule has 0 radical (unpaired) electrons. The van der Waals surface area contributed by atoms with Crippen LogP contribution in [0.25, 0.3) is 11.5 Å². The maximum Gasteiger partial charge on any atom is 0.259 e. The van der Waals surface area contributed by atoms with Gasteiger partial charge in [-0.1, -0.05) is 46.5 Å². The second-order valence-corrected chi connectivity index (χ2v) is 5.73. The topological polar surface area (TPSA) is 64.9 Å². The number of aromatic nitrogens is 2. The van der Waals surface area contributed by atoms with Crippen LogP contribution >= 0.6 is 27.5 Å². The summed E-state index contributed by atoms with van der Waals surface area (Å²) in [6.45, 7) is 4.01. The van der Waals surface area contributed by atoms with Gasteiger partial charge in [-0.15, -0.1) is 0 Å². The predicted molar refractivity (Wildman–Crippen MR) is 78.9 cm³/mol. The largest absolute Gasteiger partial charge is 0.334 e. The Bertz CT molecular complexity index is 581. The van der Waals surface area contributed by atoms with E-state index >= 15 is 0 Å². The molecule has 1 aromatic carbocycles. The zero-order valence-corrected chi connectivity index (χ0v) is 13.1. The number of nitrogens with zero attached hydrogens (tertiary/aromatic N) is 2. The number of rotatable bonds is 4. The fourth-order valence-electron chi connectivity index (χ4n) is 1.76. The lowest BCUT2D eigenvalue weighted by atomic mass is 9.93. The highest BCUT2D eigenvalue weighted by Crippen LogP contribution is 2.31. The van der Waals surface area contributed by atoms with Gasteiger partial charge in [0.1, 0.15) is 0 Å². The van der Waals surface area contributed by atoms with Crippen LogP contribution in [0.5, 0.6) is 0 Å². The minimum atomic E-state index is -0.552. The molecule has 0 amide bonds. The summed E-state index contributed by atoms with van der Waals surface area (Å²) in [6, 6.07) is 5.50. The van der Waals surface area contributed by atoms with Crippen LogP contribution < -0.4 is 5.73 Å². The number of hydrogen-bond acceptors (Lipinski definition) is 4. The second-order valence-electron chi connectivity index (χ2n) is 4.41. The van der Waals surface area contributed by atoms with E-state index in [1.54, 1.807) is 6.07 Å². The van der Waals surface area contributed by atoms with E-state index in [9.17, 15) is 0 Å². The Morgan fingerprint density at radius 2 is 2.05 bits per heavy atom. The highest BCUT2D eigenvalue weighted by atomic mass is 79.9. The molecule has 2 aromatic rings. The monoisotopic (exact) mass is 343 g/mol. The molecule has 6 heteroatoms. The number of nitrogens with two attached hydrogens (primary N) is 1. The summed E-state index contributed by atoms with van der Waals surface area (Å²) in [5.41, 5.74) is 6.40. The lowest BCUT2D eigenvalue weighted by Crippen LogP contribution is -2.36. The molecule has 0 bridgehead atoms. The first kappa shape index (κ1) is 14.5. The van der Waals surface area contributed by atoms with Crippen LogP contribution in [0.2, 0.25) is 5.02 Å². The summed E-state index contributed by atoms with van der Waals surface area (Å²) in [5, 5.41) is 4.54. The van der Waals surface area contributed by atoms with Crippen molar-refractivity contribution in [2.45, 2.75) is 32.2 Å². The minimum Gasteiger partial charge on any atom is -0.334 e. The fraction of sp³-hybridized carbons (Fsp3) is 0.385. The fourth-order valence-corrected chi connectivity index (χ4v) is 2.52. The van der Waals surface area contributed by atoms with Crippen molar-refractivity contribution in [2.75, 3.05) is 0 Å². The third kappa shape index (κ3) is 2.83. The number of hydrogen-bond donors (Lipinski definition) is 1. The Hall–Kier alpha value is -0.910. The third-order valence-corrected chi connectivity index (χ3v) is 4.10. The van der Waals surface area contributed by atoms with Gasteiger partial charge in [0.15, 0.2) is 5.82 Å². The van der Waals surface area contributed by atoms with Gasteiger partial charge in [0.25, 0.3) is 5.89 Å². The second kappa shape index (κ2) is 5.61. The third-order valence-electron chi connectivity index (χ3n) is 3.29. The van der Waals surface area contributed by atoms with Crippen LogP contribution in [0, 0.1) is 0 Å². The van der Waals surface area contributed by atoms with Gasteiger partial charge in [-0.2, -0.15) is 4.98 Å². The predicted octanol–water partition coefficient (Wildman–Crippen LogP) is 4.13. The van der Waals surface area contributed by atoms with Gasteiger partial charge in [0.2, 0.25) is 0 Å². The zero-order chi connectivity index (χ0) is 14.0. The van der Waals surface area contributed by atoms with E-state index in [4.69, 9.17) is 21.9 Å². The summed E-state index contributed by atoms with van der Waals surface area (Å²) in [6.07, 6.45) is 1.49. The van der Waals surface area contributed by atoms with Crippen LogP contribution in [-0.2, 0) is 5.54 Å². The molecule has 1 aromatic heterocycles. The standard InChI is InChI=1S/C13H15BrClN3O/c1-3-13(16,4-2)12-17-11(19-18-12)9-6-5-8(14)7-10(9)15/h5-7H,3-4,16H2,1-2H3. The summed E-state index contributed by atoms with van der Waals surface area (Å²) >= 11 is 9.52. The van der Waals surface area contributed by atoms with Gasteiger partial charge >= 0.3 is 0 Å². The highest BCUT2D eigenvalue weighted by Gasteiger charge is 2.29. The molecule has 2 rings (SSSR count). The molecular formula is C13H15BrClN3O. The minimum absolute atomic E-state index is 0.393. The van der Waals surface area contributed by atoms with Gasteiger partial charge in [-0.3, -0.25) is 0 Å². The van der Waals surface area contributed by atoms with Crippen LogP contribution in [0.1, 0.15) is 32.5 Å². The molecule has 2 N–H and O–H groups in total. The first-order valence-corrected chi connectivity index (χ1v) is 7.25. The zero-order valence-electron chi connectivity index (χ0n) is 10.8. The molecule has 102 valence electrons. The molecule has 0 spiro atoms. The lowest BCUT2D eigenvalue weighted by molar-refractivity contribution is 0.350.